The predicted octanol–water partition coefficient (Wildman–Crippen LogP) is 4.04. The van der Waals surface area contributed by atoms with Crippen LogP contribution in [0.1, 0.15) is 38.8 Å². The molecule has 0 saturated carbocycles. The Kier molecular flexibility index (Phi) is 5.58. The Bertz CT molecular complexity index is 987. The number of hydrogen-bond acceptors (Lipinski definition) is 4. The second-order valence-corrected chi connectivity index (χ2v) is 8.60. The van der Waals surface area contributed by atoms with Gasteiger partial charge in [0.25, 0.3) is 0 Å². The average molecular weight is 415 g/mol. The molecule has 5 nitrogen and oxygen atoms in total. The van der Waals surface area contributed by atoms with Crippen molar-refractivity contribution in [3.8, 4) is 0 Å². The number of nitrogens with one attached hydrogen (secondary N) is 1. The monoisotopic (exact) mass is 414 g/mol. The minimum Gasteiger partial charge on any atom is -0.382 e. The molecule has 1 unspecified atom stereocenters. The van der Waals surface area contributed by atoms with Crippen molar-refractivity contribution in [3.63, 3.8) is 0 Å². The molecule has 1 heterocycles. The lowest BCUT2D eigenvalue weighted by molar-refractivity contribution is -0.140. The minimum absolute atomic E-state index is 0.0160. The van der Waals surface area contributed by atoms with E-state index < -0.39 is 16.8 Å². The topological polar surface area (TPSA) is 70.7 Å². The van der Waals surface area contributed by atoms with Gasteiger partial charge in [0.2, 0.25) is 5.91 Å². The molecular weight excluding hydrogens is 386 g/mol. The van der Waals surface area contributed by atoms with Gasteiger partial charge in [-0.15, -0.1) is 0 Å². The molecule has 30 heavy (non-hydrogen) atoms. The number of rotatable bonds is 5. The van der Waals surface area contributed by atoms with Gasteiger partial charge in [-0.25, -0.2) is 13.8 Å². The number of guanidine groups is 1. The summed E-state index contributed by atoms with van der Waals surface area (Å²) in [4.78, 5) is 18.7. The summed E-state index contributed by atoms with van der Waals surface area (Å²) in [5, 5.41) is 3.35. The normalized spacial score (nSPS) is 21.9. The molecule has 7 heteroatoms. The Morgan fingerprint density at radius 3 is 2.40 bits per heavy atom. The number of halogens is 2. The van der Waals surface area contributed by atoms with Crippen LogP contribution in [0.15, 0.2) is 47.5 Å². The molecule has 0 radical (unpaired) electrons. The summed E-state index contributed by atoms with van der Waals surface area (Å²) in [5.41, 5.74) is 5.80. The molecule has 1 aliphatic rings. The molecule has 0 aromatic heterocycles. The van der Waals surface area contributed by atoms with Crippen molar-refractivity contribution in [3.05, 3.63) is 65.2 Å². The molecule has 0 saturated heterocycles. The van der Waals surface area contributed by atoms with Crippen molar-refractivity contribution >= 4 is 17.6 Å². The lowest BCUT2D eigenvalue weighted by atomic mass is 9.67. The quantitative estimate of drug-likeness (QED) is 0.776. The first-order valence-corrected chi connectivity index (χ1v) is 9.90. The Morgan fingerprint density at radius 1 is 1.13 bits per heavy atom. The molecule has 0 spiro atoms. The van der Waals surface area contributed by atoms with E-state index in [0.29, 0.717) is 17.7 Å². The van der Waals surface area contributed by atoms with E-state index in [9.17, 15) is 13.6 Å². The van der Waals surface area contributed by atoms with E-state index in [2.05, 4.69) is 10.3 Å². The second kappa shape index (κ2) is 7.70. The van der Waals surface area contributed by atoms with Crippen molar-refractivity contribution in [1.82, 2.24) is 4.90 Å². The van der Waals surface area contributed by atoms with Gasteiger partial charge in [0.05, 0.1) is 5.41 Å². The molecule has 0 fully saturated rings. The third-order valence-electron chi connectivity index (χ3n) is 6.10. The number of hydrogen-bond donors (Lipinski definition) is 2. The lowest BCUT2D eigenvalue weighted by Crippen LogP contribution is -2.58. The summed E-state index contributed by atoms with van der Waals surface area (Å²) < 4.78 is 28.0. The molecule has 2 atom stereocenters. The smallest absolute Gasteiger partial charge is 0.237 e. The predicted molar refractivity (Wildman–Crippen MR) is 115 cm³/mol. The maximum Gasteiger partial charge on any atom is 0.237 e. The zero-order valence-electron chi connectivity index (χ0n) is 18.0. The third kappa shape index (κ3) is 3.76. The van der Waals surface area contributed by atoms with Gasteiger partial charge in [0.15, 0.2) is 5.96 Å². The van der Waals surface area contributed by atoms with E-state index in [1.807, 2.05) is 6.92 Å². The molecule has 160 valence electrons. The molecule has 2 aromatic carbocycles. The zero-order valence-corrected chi connectivity index (χ0v) is 18.0. The van der Waals surface area contributed by atoms with Crippen LogP contribution in [0.5, 0.6) is 0 Å². The summed E-state index contributed by atoms with van der Waals surface area (Å²) in [6.45, 7) is 7.22. The second-order valence-electron chi connectivity index (χ2n) is 8.60. The molecule has 1 amide bonds. The fourth-order valence-electron chi connectivity index (χ4n) is 3.87. The standard InChI is InChI=1S/C23H28F2N4O/c1-14(12-15-6-8-16(24)9-7-15)27-17-10-11-19(25)18(13-17)23(4)22(2,3)20(30)29(5)21(26)28-23/h6-11,13-14,27H,12H2,1-5H3,(H2,26,28)/t14?,23-/m1/s1. The molecule has 0 bridgehead atoms. The SMILES string of the molecule is CC(Cc1ccc(F)cc1)Nc1ccc(F)c([C@@]2(C)N=C(N)N(C)C(=O)C2(C)C)c1. The number of aliphatic imine (C=N–C) groups is 1. The number of carbonyl (C=O) groups is 1. The zero-order chi connectivity index (χ0) is 22.3. The molecular formula is C23H28F2N4O. The first-order valence-electron chi connectivity index (χ1n) is 9.90. The Balaban J connectivity index is 1.91. The highest BCUT2D eigenvalue weighted by atomic mass is 19.1. The highest BCUT2D eigenvalue weighted by Crippen LogP contribution is 2.47. The Hall–Kier alpha value is -2.96. The van der Waals surface area contributed by atoms with Crippen LogP contribution in [0.4, 0.5) is 14.5 Å². The fraction of sp³-hybridized carbons (Fsp3) is 0.391. The van der Waals surface area contributed by atoms with Gasteiger partial charge in [0.1, 0.15) is 17.2 Å². The van der Waals surface area contributed by atoms with Crippen molar-refractivity contribution in [1.29, 1.82) is 0 Å². The molecule has 3 rings (SSSR count). The fourth-order valence-corrected chi connectivity index (χ4v) is 3.87. The first kappa shape index (κ1) is 21.7. The van der Waals surface area contributed by atoms with Gasteiger partial charge in [-0.2, -0.15) is 0 Å². The van der Waals surface area contributed by atoms with Crippen LogP contribution in [0.25, 0.3) is 0 Å². The molecule has 0 aliphatic carbocycles. The van der Waals surface area contributed by atoms with Crippen LogP contribution >= 0.6 is 0 Å². The van der Waals surface area contributed by atoms with Gasteiger partial charge >= 0.3 is 0 Å². The van der Waals surface area contributed by atoms with Crippen LogP contribution in [-0.4, -0.2) is 29.9 Å². The number of amides is 1. The third-order valence-corrected chi connectivity index (χ3v) is 6.10. The maximum atomic E-state index is 14.9. The van der Waals surface area contributed by atoms with E-state index in [1.165, 1.54) is 23.1 Å². The molecule has 1 aliphatic heterocycles. The Morgan fingerprint density at radius 2 is 1.77 bits per heavy atom. The van der Waals surface area contributed by atoms with E-state index in [-0.39, 0.29) is 23.7 Å². The van der Waals surface area contributed by atoms with Gasteiger partial charge < -0.3 is 11.1 Å². The van der Waals surface area contributed by atoms with Crippen LogP contribution in [0.3, 0.4) is 0 Å². The summed E-state index contributed by atoms with van der Waals surface area (Å²) in [6, 6.07) is 11.1. The number of carbonyl (C=O) groups excluding carboxylic acids is 1. The highest BCUT2D eigenvalue weighted by Gasteiger charge is 2.53. The average Bonchev–Trinajstić information content (AvgIpc) is 2.68. The molecule has 3 N–H and O–H groups in total. The summed E-state index contributed by atoms with van der Waals surface area (Å²) in [6.07, 6.45) is 0.671. The number of benzene rings is 2. The van der Waals surface area contributed by atoms with Gasteiger partial charge in [-0.1, -0.05) is 12.1 Å². The van der Waals surface area contributed by atoms with Crippen molar-refractivity contribution in [2.75, 3.05) is 12.4 Å². The molecule has 2 aromatic rings. The van der Waals surface area contributed by atoms with Crippen LogP contribution < -0.4 is 11.1 Å². The first-order chi connectivity index (χ1) is 14.0. The van der Waals surface area contributed by atoms with Crippen LogP contribution in [0, 0.1) is 17.0 Å². The maximum absolute atomic E-state index is 14.9. The summed E-state index contributed by atoms with van der Waals surface area (Å²) in [5.74, 6) is -0.883. The van der Waals surface area contributed by atoms with Crippen molar-refractivity contribution in [2.45, 2.75) is 45.7 Å². The number of nitrogens with zero attached hydrogens (tertiary/aromatic N) is 2. The van der Waals surface area contributed by atoms with Crippen molar-refractivity contribution < 1.29 is 13.6 Å². The van der Waals surface area contributed by atoms with Gasteiger partial charge in [0, 0.05) is 24.3 Å². The highest BCUT2D eigenvalue weighted by molar-refractivity contribution is 6.01. The lowest BCUT2D eigenvalue weighted by Gasteiger charge is -2.46. The summed E-state index contributed by atoms with van der Waals surface area (Å²) in [7, 11) is 1.56. The van der Waals surface area contributed by atoms with Gasteiger partial charge in [-0.3, -0.25) is 9.69 Å². The van der Waals surface area contributed by atoms with E-state index in [4.69, 9.17) is 5.73 Å². The van der Waals surface area contributed by atoms with Crippen molar-refractivity contribution in [2.24, 2.45) is 16.1 Å². The number of nitrogens with two attached hydrogens (primary N) is 1. The summed E-state index contributed by atoms with van der Waals surface area (Å²) >= 11 is 0. The minimum atomic E-state index is -1.16. The Labute approximate surface area is 176 Å². The largest absolute Gasteiger partial charge is 0.382 e. The van der Waals surface area contributed by atoms with Gasteiger partial charge in [-0.05, 0) is 70.0 Å². The van der Waals surface area contributed by atoms with Crippen LogP contribution in [0.2, 0.25) is 0 Å². The number of anilines is 1. The van der Waals surface area contributed by atoms with E-state index in [1.54, 1.807) is 52.1 Å². The van der Waals surface area contributed by atoms with E-state index >= 15 is 0 Å². The van der Waals surface area contributed by atoms with Crippen LogP contribution in [-0.2, 0) is 16.8 Å². The van der Waals surface area contributed by atoms with E-state index in [0.717, 1.165) is 5.56 Å².